The fraction of sp³-hybridized carbons (Fsp3) is 0.588. The largest absolute Gasteiger partial charge is 0.348 e. The lowest BCUT2D eigenvalue weighted by molar-refractivity contribution is -0.682. The second-order valence-electron chi connectivity index (χ2n) is 6.33. The average molecular weight is 311 g/mol. The molecule has 0 unspecified atom stereocenters. The van der Waals surface area contributed by atoms with Crippen molar-refractivity contribution in [3.05, 3.63) is 35.4 Å². The summed E-state index contributed by atoms with van der Waals surface area (Å²) in [7, 11) is 0. The molecule has 1 aromatic carbocycles. The zero-order chi connectivity index (χ0) is 16.1. The summed E-state index contributed by atoms with van der Waals surface area (Å²) in [5.74, 6) is -0.652. The van der Waals surface area contributed by atoms with E-state index < -0.39 is 11.6 Å². The summed E-state index contributed by atoms with van der Waals surface area (Å²) < 4.78 is 26.6. The molecular weight excluding hydrogens is 286 g/mol. The van der Waals surface area contributed by atoms with Crippen molar-refractivity contribution < 1.29 is 18.9 Å². The van der Waals surface area contributed by atoms with Crippen LogP contribution in [-0.4, -0.2) is 18.5 Å². The second kappa shape index (κ2) is 7.68. The first-order valence-corrected chi connectivity index (χ1v) is 8.05. The molecule has 0 spiro atoms. The Balaban J connectivity index is 1.82. The van der Waals surface area contributed by atoms with Crippen LogP contribution in [0, 0.1) is 17.6 Å². The number of halogens is 2. The summed E-state index contributed by atoms with van der Waals surface area (Å²) in [6.45, 7) is 4.23. The van der Waals surface area contributed by atoms with Crippen LogP contribution in [0.4, 0.5) is 8.78 Å². The molecule has 3 atom stereocenters. The molecule has 1 aliphatic rings. The minimum atomic E-state index is -0.586. The molecule has 3 nitrogen and oxygen atoms in total. The monoisotopic (exact) mass is 311 g/mol. The molecule has 0 aliphatic heterocycles. The van der Waals surface area contributed by atoms with Gasteiger partial charge in [0.25, 0.3) is 5.91 Å². The van der Waals surface area contributed by atoms with Crippen molar-refractivity contribution in [2.45, 2.75) is 51.6 Å². The van der Waals surface area contributed by atoms with Gasteiger partial charge < -0.3 is 10.6 Å². The first-order chi connectivity index (χ1) is 10.5. The third kappa shape index (κ3) is 4.50. The van der Waals surface area contributed by atoms with Gasteiger partial charge >= 0.3 is 0 Å². The first kappa shape index (κ1) is 16.9. The highest BCUT2D eigenvalue weighted by atomic mass is 19.1. The van der Waals surface area contributed by atoms with Gasteiger partial charge in [-0.3, -0.25) is 4.79 Å². The molecular formula is C17H25F2N2O+. The molecule has 1 saturated carbocycles. The Labute approximate surface area is 130 Å². The van der Waals surface area contributed by atoms with Crippen molar-refractivity contribution in [1.82, 2.24) is 5.32 Å². The minimum Gasteiger partial charge on any atom is -0.348 e. The Morgan fingerprint density at radius 3 is 2.77 bits per heavy atom. The van der Waals surface area contributed by atoms with E-state index in [1.807, 2.05) is 6.92 Å². The second-order valence-corrected chi connectivity index (χ2v) is 6.33. The molecule has 0 heterocycles. The van der Waals surface area contributed by atoms with Crippen molar-refractivity contribution in [1.29, 1.82) is 0 Å². The number of nitrogens with one attached hydrogen (secondary N) is 1. The van der Waals surface area contributed by atoms with Gasteiger partial charge in [0.15, 0.2) is 6.54 Å². The lowest BCUT2D eigenvalue weighted by Gasteiger charge is -2.29. The van der Waals surface area contributed by atoms with E-state index in [1.54, 1.807) is 5.32 Å². The van der Waals surface area contributed by atoms with Crippen LogP contribution in [0.5, 0.6) is 0 Å². The Morgan fingerprint density at radius 1 is 1.36 bits per heavy atom. The topological polar surface area (TPSA) is 45.7 Å². The van der Waals surface area contributed by atoms with Crippen molar-refractivity contribution in [2.75, 3.05) is 6.54 Å². The number of carbonyl (C=O) groups excluding carboxylic acids is 1. The smallest absolute Gasteiger partial charge is 0.275 e. The van der Waals surface area contributed by atoms with Gasteiger partial charge in [0.2, 0.25) is 0 Å². The number of amides is 1. The number of hydrogen-bond acceptors (Lipinski definition) is 1. The van der Waals surface area contributed by atoms with E-state index in [0.29, 0.717) is 11.5 Å². The zero-order valence-electron chi connectivity index (χ0n) is 13.2. The summed E-state index contributed by atoms with van der Waals surface area (Å²) in [6, 6.07) is 3.59. The number of hydrogen-bond donors (Lipinski definition) is 2. The molecule has 1 fully saturated rings. The van der Waals surface area contributed by atoms with Crippen molar-refractivity contribution in [2.24, 2.45) is 5.92 Å². The van der Waals surface area contributed by atoms with Crippen LogP contribution in [0.25, 0.3) is 0 Å². The maximum absolute atomic E-state index is 13.7. The van der Waals surface area contributed by atoms with Crippen LogP contribution in [0.3, 0.4) is 0 Å². The van der Waals surface area contributed by atoms with E-state index >= 15 is 0 Å². The fourth-order valence-corrected chi connectivity index (χ4v) is 3.08. The Morgan fingerprint density at radius 2 is 2.09 bits per heavy atom. The lowest BCUT2D eigenvalue weighted by atomic mass is 9.86. The highest BCUT2D eigenvalue weighted by Gasteiger charge is 2.23. The molecule has 2 rings (SSSR count). The summed E-state index contributed by atoms with van der Waals surface area (Å²) in [4.78, 5) is 12.0. The van der Waals surface area contributed by atoms with Crippen LogP contribution in [0.1, 0.15) is 51.1 Å². The van der Waals surface area contributed by atoms with E-state index in [0.717, 1.165) is 25.3 Å². The van der Waals surface area contributed by atoms with Crippen molar-refractivity contribution >= 4 is 5.91 Å². The van der Waals surface area contributed by atoms with Crippen molar-refractivity contribution in [3.8, 4) is 0 Å². The van der Waals surface area contributed by atoms with Crippen molar-refractivity contribution in [3.63, 3.8) is 0 Å². The molecule has 0 aromatic heterocycles. The molecule has 22 heavy (non-hydrogen) atoms. The Bertz CT molecular complexity index is 521. The van der Waals surface area contributed by atoms with E-state index in [-0.39, 0.29) is 24.5 Å². The average Bonchev–Trinajstić information content (AvgIpc) is 2.47. The van der Waals surface area contributed by atoms with Gasteiger partial charge in [0.05, 0.1) is 0 Å². The molecule has 5 heteroatoms. The van der Waals surface area contributed by atoms with Gasteiger partial charge in [-0.1, -0.05) is 19.8 Å². The first-order valence-electron chi connectivity index (χ1n) is 8.05. The van der Waals surface area contributed by atoms with Crippen LogP contribution >= 0.6 is 0 Å². The number of carbonyl (C=O) groups is 1. The lowest BCUT2D eigenvalue weighted by Crippen LogP contribution is -2.87. The van der Waals surface area contributed by atoms with Gasteiger partial charge in [0.1, 0.15) is 17.7 Å². The van der Waals surface area contributed by atoms with E-state index in [2.05, 4.69) is 12.2 Å². The van der Waals surface area contributed by atoms with Gasteiger partial charge in [-0.05, 0) is 37.8 Å². The molecule has 3 N–H and O–H groups in total. The molecule has 1 aliphatic carbocycles. The molecule has 122 valence electrons. The van der Waals surface area contributed by atoms with Crippen LogP contribution in [-0.2, 0) is 4.79 Å². The molecule has 0 bridgehead atoms. The van der Waals surface area contributed by atoms with Crippen LogP contribution in [0.15, 0.2) is 18.2 Å². The summed E-state index contributed by atoms with van der Waals surface area (Å²) in [5, 5.41) is 4.85. The van der Waals surface area contributed by atoms with E-state index in [4.69, 9.17) is 0 Å². The third-order valence-corrected chi connectivity index (χ3v) is 4.57. The van der Waals surface area contributed by atoms with Crippen LogP contribution < -0.4 is 10.6 Å². The molecule has 1 amide bonds. The Hall–Kier alpha value is -1.49. The quantitative estimate of drug-likeness (QED) is 0.861. The summed E-state index contributed by atoms with van der Waals surface area (Å²) >= 11 is 0. The maximum Gasteiger partial charge on any atom is 0.275 e. The maximum atomic E-state index is 13.7. The number of benzene rings is 1. The van der Waals surface area contributed by atoms with Gasteiger partial charge in [0, 0.05) is 17.7 Å². The zero-order valence-corrected chi connectivity index (χ0v) is 13.2. The predicted molar refractivity (Wildman–Crippen MR) is 81.1 cm³/mol. The summed E-state index contributed by atoms with van der Waals surface area (Å²) in [6.07, 6.45) is 4.59. The van der Waals surface area contributed by atoms with Gasteiger partial charge in [-0.25, -0.2) is 8.78 Å². The van der Waals surface area contributed by atoms with Gasteiger partial charge in [-0.2, -0.15) is 0 Å². The number of quaternary nitrogens is 1. The molecule has 0 saturated heterocycles. The van der Waals surface area contributed by atoms with E-state index in [9.17, 15) is 13.6 Å². The highest BCUT2D eigenvalue weighted by Crippen LogP contribution is 2.23. The third-order valence-electron chi connectivity index (χ3n) is 4.57. The predicted octanol–water partition coefficient (Wildman–Crippen LogP) is 2.28. The minimum absolute atomic E-state index is 0.0203. The molecule has 1 aromatic rings. The van der Waals surface area contributed by atoms with Gasteiger partial charge in [-0.15, -0.1) is 0 Å². The highest BCUT2D eigenvalue weighted by molar-refractivity contribution is 5.77. The standard InChI is InChI=1S/C17H24F2N2O/c1-11-5-3-4-6-16(11)21-17(22)10-20-12(2)14-8-7-13(18)9-15(14)19/h7-9,11-12,16,20H,3-6,10H2,1-2H3,(H,21,22)/p+1/t11-,12+,16+/m1/s1. The Kier molecular flexibility index (Phi) is 5.89. The van der Waals surface area contributed by atoms with E-state index in [1.165, 1.54) is 18.6 Å². The SMILES string of the molecule is C[C@H]([NH2+]CC(=O)N[C@H]1CCCC[C@H]1C)c1ccc(F)cc1F. The number of nitrogens with two attached hydrogens (primary N) is 1. The summed E-state index contributed by atoms with van der Waals surface area (Å²) in [5.41, 5.74) is 0.417. The fourth-order valence-electron chi connectivity index (χ4n) is 3.08. The molecule has 0 radical (unpaired) electrons. The normalized spacial score (nSPS) is 23.1. The van der Waals surface area contributed by atoms with Crippen LogP contribution in [0.2, 0.25) is 0 Å². The number of rotatable bonds is 5.